The molecule has 4 rings (SSSR count). The van der Waals surface area contributed by atoms with Crippen LogP contribution in [0.25, 0.3) is 5.57 Å². The molecule has 1 saturated carbocycles. The minimum Gasteiger partial charge on any atom is -0.308 e. The smallest absolute Gasteiger partial charge is 0.267 e. The lowest BCUT2D eigenvalue weighted by atomic mass is 9.94. The van der Waals surface area contributed by atoms with Crippen molar-refractivity contribution in [2.45, 2.75) is 51.5 Å². The van der Waals surface area contributed by atoms with Crippen LogP contribution in [0.4, 0.5) is 5.69 Å². The van der Waals surface area contributed by atoms with E-state index in [2.05, 4.69) is 6.92 Å². The summed E-state index contributed by atoms with van der Waals surface area (Å²) >= 11 is 6.84. The highest BCUT2D eigenvalue weighted by Crippen LogP contribution is 2.45. The van der Waals surface area contributed by atoms with Gasteiger partial charge >= 0.3 is 0 Å². The first-order valence-corrected chi connectivity index (χ1v) is 10.6. The van der Waals surface area contributed by atoms with E-state index >= 15 is 0 Å². The summed E-state index contributed by atoms with van der Waals surface area (Å²) in [5.74, 6) is -0.152. The molecule has 0 aromatic heterocycles. The molecule has 4 nitrogen and oxygen atoms in total. The Morgan fingerprint density at radius 2 is 1.85 bits per heavy atom. The number of carbonyl (C=O) groups excluding carboxylic acids is 2. The lowest BCUT2D eigenvalue weighted by Gasteiger charge is -2.29. The average molecular weight is 387 g/mol. The lowest BCUT2D eigenvalue weighted by molar-refractivity contribution is -0.124. The standard InChI is InChI=1S/C20H22N2O2S2/c1-2-12-21-15-11-7-6-10-14(15)16(18(21)23)17-19(24)22(20(25)26-17)13-8-4-3-5-9-13/h6-7,10-11,13H,2-5,8-9,12H2,1H3/b17-16-. The summed E-state index contributed by atoms with van der Waals surface area (Å²) in [6.45, 7) is 2.71. The second-order valence-corrected chi connectivity index (χ2v) is 8.66. The predicted octanol–water partition coefficient (Wildman–Crippen LogP) is 4.35. The van der Waals surface area contributed by atoms with Crippen molar-refractivity contribution in [1.82, 2.24) is 4.90 Å². The van der Waals surface area contributed by atoms with Crippen molar-refractivity contribution in [3.05, 3.63) is 34.7 Å². The van der Waals surface area contributed by atoms with Crippen molar-refractivity contribution in [2.24, 2.45) is 0 Å². The highest BCUT2D eigenvalue weighted by molar-refractivity contribution is 8.26. The molecule has 2 fully saturated rings. The number of nitrogens with zero attached hydrogens (tertiary/aromatic N) is 2. The molecule has 0 atom stereocenters. The maximum absolute atomic E-state index is 13.2. The Morgan fingerprint density at radius 1 is 1.12 bits per heavy atom. The minimum atomic E-state index is -0.0802. The molecule has 26 heavy (non-hydrogen) atoms. The van der Waals surface area contributed by atoms with E-state index in [1.165, 1.54) is 18.2 Å². The number of benzene rings is 1. The van der Waals surface area contributed by atoms with Crippen molar-refractivity contribution >= 4 is 51.4 Å². The highest BCUT2D eigenvalue weighted by Gasteiger charge is 2.43. The molecule has 0 N–H and O–H groups in total. The number of thiocarbonyl (C=S) groups is 1. The maximum Gasteiger partial charge on any atom is 0.267 e. The van der Waals surface area contributed by atoms with Gasteiger partial charge in [-0.3, -0.25) is 14.5 Å². The van der Waals surface area contributed by atoms with E-state index in [-0.39, 0.29) is 17.9 Å². The number of hydrogen-bond donors (Lipinski definition) is 0. The van der Waals surface area contributed by atoms with E-state index in [1.54, 1.807) is 9.80 Å². The summed E-state index contributed by atoms with van der Waals surface area (Å²) in [4.78, 5) is 30.4. The van der Waals surface area contributed by atoms with Crippen LogP contribution in [0.5, 0.6) is 0 Å². The largest absolute Gasteiger partial charge is 0.308 e. The van der Waals surface area contributed by atoms with Crippen LogP contribution in [0.1, 0.15) is 51.0 Å². The first-order chi connectivity index (χ1) is 12.6. The van der Waals surface area contributed by atoms with Gasteiger partial charge in [0.05, 0.1) is 16.2 Å². The fourth-order valence-corrected chi connectivity index (χ4v) is 5.60. The number of carbonyl (C=O) groups is 2. The number of hydrogen-bond acceptors (Lipinski definition) is 4. The van der Waals surface area contributed by atoms with Crippen LogP contribution >= 0.6 is 24.0 Å². The van der Waals surface area contributed by atoms with Gasteiger partial charge in [0, 0.05) is 18.2 Å². The topological polar surface area (TPSA) is 40.6 Å². The van der Waals surface area contributed by atoms with E-state index in [9.17, 15) is 9.59 Å². The first-order valence-electron chi connectivity index (χ1n) is 9.34. The van der Waals surface area contributed by atoms with Gasteiger partial charge in [-0.2, -0.15) is 0 Å². The Labute approximate surface area is 163 Å². The summed E-state index contributed by atoms with van der Waals surface area (Å²) in [5.41, 5.74) is 2.29. The Morgan fingerprint density at radius 3 is 2.58 bits per heavy atom. The van der Waals surface area contributed by atoms with Crippen LogP contribution in [-0.4, -0.2) is 33.6 Å². The average Bonchev–Trinajstić information content (AvgIpc) is 3.10. The third-order valence-corrected chi connectivity index (χ3v) is 6.74. The van der Waals surface area contributed by atoms with Gasteiger partial charge in [0.2, 0.25) is 0 Å². The van der Waals surface area contributed by atoms with Gasteiger partial charge in [-0.05, 0) is 25.3 Å². The molecule has 1 aromatic rings. The quantitative estimate of drug-likeness (QED) is 0.572. The van der Waals surface area contributed by atoms with E-state index in [4.69, 9.17) is 12.2 Å². The summed E-state index contributed by atoms with van der Waals surface area (Å²) in [7, 11) is 0. The Bertz CT molecular complexity index is 812. The van der Waals surface area contributed by atoms with Crippen molar-refractivity contribution in [3.8, 4) is 0 Å². The van der Waals surface area contributed by atoms with Gasteiger partial charge in [0.25, 0.3) is 11.8 Å². The van der Waals surface area contributed by atoms with E-state index < -0.39 is 0 Å². The van der Waals surface area contributed by atoms with Crippen LogP contribution in [0.3, 0.4) is 0 Å². The normalized spacial score (nSPS) is 24.0. The number of anilines is 1. The van der Waals surface area contributed by atoms with Crippen LogP contribution in [0.2, 0.25) is 0 Å². The third-order valence-electron chi connectivity index (χ3n) is 5.34. The highest BCUT2D eigenvalue weighted by atomic mass is 32.2. The Balaban J connectivity index is 1.75. The van der Waals surface area contributed by atoms with Gasteiger partial charge < -0.3 is 4.90 Å². The monoisotopic (exact) mass is 386 g/mol. The SMILES string of the molecule is CCCN1C(=O)/C(=C2\SC(=S)N(C3CCCCC3)C2=O)c2ccccc21. The van der Waals surface area contributed by atoms with E-state index in [1.807, 2.05) is 24.3 Å². The molecule has 0 radical (unpaired) electrons. The maximum atomic E-state index is 13.2. The molecule has 1 aliphatic carbocycles. The first kappa shape index (κ1) is 17.7. The van der Waals surface area contributed by atoms with E-state index in [0.29, 0.717) is 21.3 Å². The van der Waals surface area contributed by atoms with Gasteiger partial charge in [-0.1, -0.05) is 68.4 Å². The molecule has 136 valence electrons. The van der Waals surface area contributed by atoms with Gasteiger partial charge in [-0.25, -0.2) is 0 Å². The molecule has 1 saturated heterocycles. The zero-order chi connectivity index (χ0) is 18.3. The third kappa shape index (κ3) is 2.79. The number of rotatable bonds is 3. The zero-order valence-corrected chi connectivity index (χ0v) is 16.5. The molecule has 1 aromatic carbocycles. The molecule has 2 aliphatic heterocycles. The minimum absolute atomic E-state index is 0.0720. The molecule has 0 spiro atoms. The molecule has 2 amide bonds. The molecule has 6 heteroatoms. The van der Waals surface area contributed by atoms with Crippen molar-refractivity contribution in [3.63, 3.8) is 0 Å². The van der Waals surface area contributed by atoms with Crippen LogP contribution in [0.15, 0.2) is 29.2 Å². The Kier molecular flexibility index (Phi) is 4.88. The lowest BCUT2D eigenvalue weighted by Crippen LogP contribution is -2.40. The second kappa shape index (κ2) is 7.16. The molecule has 0 unspecified atom stereocenters. The molecular weight excluding hydrogens is 364 g/mol. The van der Waals surface area contributed by atoms with Crippen LogP contribution in [-0.2, 0) is 9.59 Å². The molecule has 3 aliphatic rings. The van der Waals surface area contributed by atoms with Crippen LogP contribution in [0, 0.1) is 0 Å². The second-order valence-electron chi connectivity index (χ2n) is 7.01. The summed E-state index contributed by atoms with van der Waals surface area (Å²) in [6, 6.07) is 7.94. The summed E-state index contributed by atoms with van der Waals surface area (Å²) in [5, 5.41) is 0. The van der Waals surface area contributed by atoms with Crippen molar-refractivity contribution in [1.29, 1.82) is 0 Å². The Hall–Kier alpha value is -1.66. The molecule has 0 bridgehead atoms. The molecule has 2 heterocycles. The van der Waals surface area contributed by atoms with Gasteiger partial charge in [0.1, 0.15) is 4.32 Å². The summed E-state index contributed by atoms with van der Waals surface area (Å²) in [6.07, 6.45) is 6.38. The van der Waals surface area contributed by atoms with Crippen molar-refractivity contribution in [2.75, 3.05) is 11.4 Å². The number of amides is 2. The molecular formula is C20H22N2O2S2. The number of para-hydroxylation sites is 1. The number of fused-ring (bicyclic) bond motifs is 1. The van der Waals surface area contributed by atoms with E-state index in [0.717, 1.165) is 43.4 Å². The summed E-state index contributed by atoms with van der Waals surface area (Å²) < 4.78 is 0.601. The predicted molar refractivity (Wildman–Crippen MR) is 110 cm³/mol. The van der Waals surface area contributed by atoms with Gasteiger partial charge in [0.15, 0.2) is 0 Å². The van der Waals surface area contributed by atoms with Crippen LogP contribution < -0.4 is 4.90 Å². The van der Waals surface area contributed by atoms with Crippen molar-refractivity contribution < 1.29 is 9.59 Å². The van der Waals surface area contributed by atoms with Gasteiger partial charge in [-0.15, -0.1) is 0 Å². The fourth-order valence-electron chi connectivity index (χ4n) is 4.13. The fraction of sp³-hybridized carbons (Fsp3) is 0.450. The zero-order valence-electron chi connectivity index (χ0n) is 14.9. The number of thioether (sulfide) groups is 1.